The van der Waals surface area contributed by atoms with E-state index in [1.807, 2.05) is 0 Å². The van der Waals surface area contributed by atoms with Crippen LogP contribution in [-0.2, 0) is 4.79 Å². The number of amides is 1. The van der Waals surface area contributed by atoms with E-state index in [2.05, 4.69) is 6.58 Å². The zero-order valence-corrected chi connectivity index (χ0v) is 6.47. The van der Waals surface area contributed by atoms with Crippen molar-refractivity contribution < 1.29 is 4.79 Å². The largest absolute Gasteiger partial charge is 0.337 e. The molecule has 60 valence electrons. The van der Waals surface area contributed by atoms with Crippen molar-refractivity contribution in [3.63, 3.8) is 0 Å². The maximum absolute atomic E-state index is 11.2. The maximum Gasteiger partial charge on any atom is 0.271 e. The van der Waals surface area contributed by atoms with E-state index in [4.69, 9.17) is 5.41 Å². The van der Waals surface area contributed by atoms with Gasteiger partial charge in [0.05, 0.1) is 0 Å². The summed E-state index contributed by atoms with van der Waals surface area (Å²) in [6.07, 6.45) is 3.42. The molecule has 3 heteroatoms. The molecule has 1 fully saturated rings. The Morgan fingerprint density at radius 3 is 2.45 bits per heavy atom. The van der Waals surface area contributed by atoms with Crippen molar-refractivity contribution in [1.29, 1.82) is 5.41 Å². The molecule has 1 N–H and O–H groups in total. The number of carbonyl (C=O) groups is 1. The zero-order valence-electron chi connectivity index (χ0n) is 6.47. The van der Waals surface area contributed by atoms with Gasteiger partial charge in [-0.3, -0.25) is 10.2 Å². The molecule has 0 aromatic carbocycles. The Morgan fingerprint density at radius 2 is 2.00 bits per heavy atom. The fraction of sp³-hybridized carbons (Fsp3) is 0.500. The smallest absolute Gasteiger partial charge is 0.271 e. The van der Waals surface area contributed by atoms with E-state index < -0.39 is 0 Å². The predicted octanol–water partition coefficient (Wildman–Crippen LogP) is 0.815. The fourth-order valence-electron chi connectivity index (χ4n) is 1.18. The summed E-state index contributed by atoms with van der Waals surface area (Å²) >= 11 is 0. The van der Waals surface area contributed by atoms with E-state index in [-0.39, 0.29) is 11.6 Å². The first kappa shape index (κ1) is 7.98. The van der Waals surface area contributed by atoms with Crippen molar-refractivity contribution in [2.45, 2.75) is 12.8 Å². The second-order valence-electron chi connectivity index (χ2n) is 2.62. The third-order valence-electron chi connectivity index (χ3n) is 1.83. The molecular weight excluding hydrogens is 140 g/mol. The van der Waals surface area contributed by atoms with Crippen molar-refractivity contribution in [2.75, 3.05) is 13.1 Å². The van der Waals surface area contributed by atoms with Crippen LogP contribution >= 0.6 is 0 Å². The molecule has 1 aliphatic rings. The highest BCUT2D eigenvalue weighted by atomic mass is 16.2. The van der Waals surface area contributed by atoms with Gasteiger partial charge in [0.25, 0.3) is 5.91 Å². The molecule has 1 heterocycles. The Morgan fingerprint density at radius 1 is 1.45 bits per heavy atom. The number of nitrogens with one attached hydrogen (secondary N) is 1. The first-order valence-electron chi connectivity index (χ1n) is 3.76. The number of rotatable bonds is 2. The van der Waals surface area contributed by atoms with E-state index in [1.165, 1.54) is 6.08 Å². The quantitative estimate of drug-likeness (QED) is 0.585. The van der Waals surface area contributed by atoms with Crippen LogP contribution in [0.3, 0.4) is 0 Å². The Labute approximate surface area is 66.2 Å². The van der Waals surface area contributed by atoms with Gasteiger partial charge in [0, 0.05) is 13.1 Å². The van der Waals surface area contributed by atoms with Gasteiger partial charge in [-0.1, -0.05) is 6.58 Å². The van der Waals surface area contributed by atoms with Crippen LogP contribution in [-0.4, -0.2) is 29.6 Å². The average molecular weight is 152 g/mol. The Bertz CT molecular complexity index is 192. The maximum atomic E-state index is 11.2. The molecule has 11 heavy (non-hydrogen) atoms. The van der Waals surface area contributed by atoms with E-state index in [9.17, 15) is 4.79 Å². The molecule has 0 atom stereocenters. The summed E-state index contributed by atoms with van der Waals surface area (Å²) in [4.78, 5) is 12.9. The predicted molar refractivity (Wildman–Crippen MR) is 43.7 cm³/mol. The molecule has 0 aliphatic carbocycles. The highest BCUT2D eigenvalue weighted by molar-refractivity contribution is 6.41. The van der Waals surface area contributed by atoms with Gasteiger partial charge in [0.2, 0.25) is 0 Å². The van der Waals surface area contributed by atoms with Crippen molar-refractivity contribution in [2.24, 2.45) is 0 Å². The molecule has 0 bridgehead atoms. The number of hydrogen-bond donors (Lipinski definition) is 1. The van der Waals surface area contributed by atoms with Gasteiger partial charge >= 0.3 is 0 Å². The third-order valence-corrected chi connectivity index (χ3v) is 1.83. The van der Waals surface area contributed by atoms with E-state index in [0.29, 0.717) is 0 Å². The zero-order chi connectivity index (χ0) is 8.27. The summed E-state index contributed by atoms with van der Waals surface area (Å²) in [5.41, 5.74) is 0.00639. The molecule has 1 amide bonds. The highest BCUT2D eigenvalue weighted by Crippen LogP contribution is 2.07. The van der Waals surface area contributed by atoms with Gasteiger partial charge in [-0.05, 0) is 18.9 Å². The number of likely N-dealkylation sites (tertiary alicyclic amines) is 1. The monoisotopic (exact) mass is 152 g/mol. The van der Waals surface area contributed by atoms with E-state index in [0.717, 1.165) is 25.9 Å². The lowest BCUT2D eigenvalue weighted by atomic mass is 10.3. The number of carbonyl (C=O) groups excluding carboxylic acids is 1. The molecule has 0 saturated carbocycles. The molecule has 0 aromatic rings. The molecule has 3 nitrogen and oxygen atoms in total. The lowest BCUT2D eigenvalue weighted by Gasteiger charge is -2.13. The summed E-state index contributed by atoms with van der Waals surface area (Å²) in [6.45, 7) is 4.98. The van der Waals surface area contributed by atoms with Crippen LogP contribution in [0.15, 0.2) is 12.7 Å². The Hall–Kier alpha value is -1.12. The van der Waals surface area contributed by atoms with Gasteiger partial charge < -0.3 is 4.90 Å². The minimum Gasteiger partial charge on any atom is -0.337 e. The summed E-state index contributed by atoms with van der Waals surface area (Å²) in [5, 5.41) is 7.20. The van der Waals surface area contributed by atoms with Crippen LogP contribution in [0, 0.1) is 5.41 Å². The Balaban J connectivity index is 2.52. The molecular formula is C8H12N2O. The van der Waals surface area contributed by atoms with E-state index >= 15 is 0 Å². The first-order chi connectivity index (χ1) is 5.25. The highest BCUT2D eigenvalue weighted by Gasteiger charge is 2.19. The summed E-state index contributed by atoms with van der Waals surface area (Å²) in [6, 6.07) is 0. The van der Waals surface area contributed by atoms with Gasteiger partial charge in [-0.25, -0.2) is 0 Å². The van der Waals surface area contributed by atoms with Crippen molar-refractivity contribution in [3.8, 4) is 0 Å². The van der Waals surface area contributed by atoms with Crippen LogP contribution in [0.25, 0.3) is 0 Å². The second kappa shape index (κ2) is 3.32. The van der Waals surface area contributed by atoms with Crippen molar-refractivity contribution in [3.05, 3.63) is 12.7 Å². The van der Waals surface area contributed by atoms with Gasteiger partial charge in [0.15, 0.2) is 0 Å². The number of hydrogen-bond acceptors (Lipinski definition) is 2. The molecule has 0 radical (unpaired) electrons. The van der Waals surface area contributed by atoms with Crippen LogP contribution in [0.2, 0.25) is 0 Å². The van der Waals surface area contributed by atoms with Crippen LogP contribution < -0.4 is 0 Å². The molecule has 1 aliphatic heterocycles. The minimum atomic E-state index is -0.183. The van der Waals surface area contributed by atoms with Crippen LogP contribution in [0.1, 0.15) is 12.8 Å². The standard InChI is InChI=1S/C8H12N2O/c1-2-7(9)8(11)10-5-3-4-6-10/h2,9H,1,3-6H2. The SMILES string of the molecule is C=CC(=N)C(=O)N1CCCC1. The summed E-state index contributed by atoms with van der Waals surface area (Å²) in [7, 11) is 0. The lowest BCUT2D eigenvalue weighted by molar-refractivity contribution is -0.123. The van der Waals surface area contributed by atoms with Crippen molar-refractivity contribution >= 4 is 11.6 Å². The van der Waals surface area contributed by atoms with Gasteiger partial charge in [-0.15, -0.1) is 0 Å². The van der Waals surface area contributed by atoms with Gasteiger partial charge in [0.1, 0.15) is 5.71 Å². The fourth-order valence-corrected chi connectivity index (χ4v) is 1.18. The van der Waals surface area contributed by atoms with Crippen molar-refractivity contribution in [1.82, 2.24) is 4.90 Å². The molecule has 0 spiro atoms. The summed E-state index contributed by atoms with van der Waals surface area (Å²) in [5.74, 6) is -0.183. The average Bonchev–Trinajstić information content (AvgIpc) is 2.53. The molecule has 1 rings (SSSR count). The van der Waals surface area contributed by atoms with Gasteiger partial charge in [-0.2, -0.15) is 0 Å². The molecule has 1 saturated heterocycles. The lowest BCUT2D eigenvalue weighted by Crippen LogP contribution is -2.32. The summed E-state index contributed by atoms with van der Waals surface area (Å²) < 4.78 is 0. The van der Waals surface area contributed by atoms with Crippen LogP contribution in [0.4, 0.5) is 0 Å². The number of nitrogens with zero attached hydrogens (tertiary/aromatic N) is 1. The molecule has 0 aromatic heterocycles. The first-order valence-corrected chi connectivity index (χ1v) is 3.76. The second-order valence-corrected chi connectivity index (χ2v) is 2.62. The normalized spacial score (nSPS) is 16.5. The third kappa shape index (κ3) is 1.67. The minimum absolute atomic E-state index is 0.00639. The Kier molecular flexibility index (Phi) is 2.41. The topological polar surface area (TPSA) is 44.2 Å². The molecule has 0 unspecified atom stereocenters. The van der Waals surface area contributed by atoms with E-state index in [1.54, 1.807) is 4.90 Å². The van der Waals surface area contributed by atoms with Crippen LogP contribution in [0.5, 0.6) is 0 Å².